The van der Waals surface area contributed by atoms with Crippen LogP contribution < -0.4 is 5.32 Å². The van der Waals surface area contributed by atoms with E-state index in [4.69, 9.17) is 16.7 Å². The Kier molecular flexibility index (Phi) is 4.39. The fourth-order valence-corrected chi connectivity index (χ4v) is 1.57. The van der Waals surface area contributed by atoms with Crippen LogP contribution in [0.5, 0.6) is 0 Å². The molecule has 0 heterocycles. The number of hydrogen-bond donors (Lipinski definition) is 2. The maximum absolute atomic E-state index is 8.91. The van der Waals surface area contributed by atoms with Crippen LogP contribution in [0.2, 0.25) is 5.02 Å². The zero-order chi connectivity index (χ0) is 10.6. The van der Waals surface area contributed by atoms with Crippen molar-refractivity contribution in [2.45, 2.75) is 26.0 Å². The summed E-state index contributed by atoms with van der Waals surface area (Å²) in [4.78, 5) is 0. The molecule has 1 aromatic rings. The first kappa shape index (κ1) is 11.5. The molecule has 2 nitrogen and oxygen atoms in total. The average Bonchev–Trinajstić information content (AvgIpc) is 2.20. The van der Waals surface area contributed by atoms with Gasteiger partial charge in [0.15, 0.2) is 0 Å². The lowest BCUT2D eigenvalue weighted by Crippen LogP contribution is -2.23. The van der Waals surface area contributed by atoms with Gasteiger partial charge in [-0.3, -0.25) is 0 Å². The minimum atomic E-state index is 0.0432. The summed E-state index contributed by atoms with van der Waals surface area (Å²) in [7, 11) is 1.93. The molecule has 0 aliphatic rings. The number of rotatable bonds is 4. The Morgan fingerprint density at radius 3 is 2.71 bits per heavy atom. The molecule has 0 amide bonds. The van der Waals surface area contributed by atoms with Crippen molar-refractivity contribution in [3.05, 3.63) is 34.3 Å². The van der Waals surface area contributed by atoms with Gasteiger partial charge < -0.3 is 10.4 Å². The lowest BCUT2D eigenvalue weighted by atomic mass is 10.1. The van der Waals surface area contributed by atoms with Gasteiger partial charge in [0.1, 0.15) is 0 Å². The van der Waals surface area contributed by atoms with E-state index in [9.17, 15) is 0 Å². The van der Waals surface area contributed by atoms with Crippen molar-refractivity contribution in [1.82, 2.24) is 5.32 Å². The summed E-state index contributed by atoms with van der Waals surface area (Å²) in [6.07, 6.45) is 0.904. The van der Waals surface area contributed by atoms with E-state index in [0.29, 0.717) is 6.04 Å². The summed E-state index contributed by atoms with van der Waals surface area (Å²) in [5, 5.41) is 12.8. The molecule has 0 aliphatic heterocycles. The molecule has 14 heavy (non-hydrogen) atoms. The maximum Gasteiger partial charge on any atom is 0.0682 e. The monoisotopic (exact) mass is 213 g/mol. The zero-order valence-corrected chi connectivity index (χ0v) is 9.30. The largest absolute Gasteiger partial charge is 0.392 e. The van der Waals surface area contributed by atoms with Gasteiger partial charge in [0.2, 0.25) is 0 Å². The molecule has 1 rings (SSSR count). The minimum absolute atomic E-state index is 0.0432. The van der Waals surface area contributed by atoms with E-state index in [1.165, 1.54) is 0 Å². The summed E-state index contributed by atoms with van der Waals surface area (Å²) >= 11 is 6.07. The molecular formula is C11H16ClNO. The van der Waals surface area contributed by atoms with Crippen LogP contribution >= 0.6 is 11.6 Å². The molecule has 0 bridgehead atoms. The second-order valence-electron chi connectivity index (χ2n) is 3.48. The SMILES string of the molecule is CNC(C)Cc1ccc(CO)cc1Cl. The fourth-order valence-electron chi connectivity index (χ4n) is 1.29. The lowest BCUT2D eigenvalue weighted by molar-refractivity contribution is 0.282. The van der Waals surface area contributed by atoms with Crippen molar-refractivity contribution in [2.75, 3.05) is 7.05 Å². The van der Waals surface area contributed by atoms with Gasteiger partial charge in [0.05, 0.1) is 6.61 Å². The van der Waals surface area contributed by atoms with Crippen molar-refractivity contribution in [3.8, 4) is 0 Å². The molecule has 0 saturated heterocycles. The Balaban J connectivity index is 2.78. The van der Waals surface area contributed by atoms with Gasteiger partial charge in [0.25, 0.3) is 0 Å². The first-order valence-corrected chi connectivity index (χ1v) is 5.10. The van der Waals surface area contributed by atoms with Crippen molar-refractivity contribution in [1.29, 1.82) is 0 Å². The first-order chi connectivity index (χ1) is 6.67. The molecule has 78 valence electrons. The molecule has 1 unspecified atom stereocenters. The van der Waals surface area contributed by atoms with Gasteiger partial charge in [0, 0.05) is 11.1 Å². The predicted molar refractivity (Wildman–Crippen MR) is 59.6 cm³/mol. The second-order valence-corrected chi connectivity index (χ2v) is 3.88. The van der Waals surface area contributed by atoms with Gasteiger partial charge in [-0.05, 0) is 37.6 Å². The number of aliphatic hydroxyl groups is 1. The van der Waals surface area contributed by atoms with E-state index in [1.807, 2.05) is 25.2 Å². The average molecular weight is 214 g/mol. The molecular weight excluding hydrogens is 198 g/mol. The van der Waals surface area contributed by atoms with E-state index >= 15 is 0 Å². The van der Waals surface area contributed by atoms with E-state index < -0.39 is 0 Å². The third-order valence-corrected chi connectivity index (χ3v) is 2.67. The molecule has 0 aromatic heterocycles. The Morgan fingerprint density at radius 2 is 2.21 bits per heavy atom. The van der Waals surface area contributed by atoms with Crippen LogP contribution in [0.4, 0.5) is 0 Å². The highest BCUT2D eigenvalue weighted by Crippen LogP contribution is 2.19. The van der Waals surface area contributed by atoms with Gasteiger partial charge in [-0.25, -0.2) is 0 Å². The number of benzene rings is 1. The van der Waals surface area contributed by atoms with Crippen molar-refractivity contribution in [2.24, 2.45) is 0 Å². The number of likely N-dealkylation sites (N-methyl/N-ethyl adjacent to an activating group) is 1. The number of hydrogen-bond acceptors (Lipinski definition) is 2. The summed E-state index contributed by atoms with van der Waals surface area (Å²) < 4.78 is 0. The molecule has 3 heteroatoms. The highest BCUT2D eigenvalue weighted by molar-refractivity contribution is 6.31. The van der Waals surface area contributed by atoms with E-state index in [1.54, 1.807) is 0 Å². The quantitative estimate of drug-likeness (QED) is 0.802. The number of nitrogens with one attached hydrogen (secondary N) is 1. The van der Waals surface area contributed by atoms with Crippen LogP contribution in [0.15, 0.2) is 18.2 Å². The molecule has 0 aliphatic carbocycles. The standard InChI is InChI=1S/C11H16ClNO/c1-8(13-2)5-10-4-3-9(7-14)6-11(10)12/h3-4,6,8,13-14H,5,7H2,1-2H3. The van der Waals surface area contributed by atoms with Gasteiger partial charge in [-0.15, -0.1) is 0 Å². The fraction of sp³-hybridized carbons (Fsp3) is 0.455. The van der Waals surface area contributed by atoms with Crippen LogP contribution in [-0.2, 0) is 13.0 Å². The Hall–Kier alpha value is -0.570. The third-order valence-electron chi connectivity index (χ3n) is 2.32. The highest BCUT2D eigenvalue weighted by Gasteiger charge is 2.05. The van der Waals surface area contributed by atoms with Crippen LogP contribution in [0.25, 0.3) is 0 Å². The van der Waals surface area contributed by atoms with Gasteiger partial charge >= 0.3 is 0 Å². The highest BCUT2D eigenvalue weighted by atomic mass is 35.5. The minimum Gasteiger partial charge on any atom is -0.392 e. The molecule has 0 fully saturated rings. The van der Waals surface area contributed by atoms with E-state index in [-0.39, 0.29) is 6.61 Å². The molecule has 0 spiro atoms. The first-order valence-electron chi connectivity index (χ1n) is 4.72. The van der Waals surface area contributed by atoms with Crippen LogP contribution in [0.3, 0.4) is 0 Å². The lowest BCUT2D eigenvalue weighted by Gasteiger charge is -2.11. The molecule has 2 N–H and O–H groups in total. The summed E-state index contributed by atoms with van der Waals surface area (Å²) in [5.41, 5.74) is 1.97. The molecule has 1 aromatic carbocycles. The normalized spacial score (nSPS) is 12.9. The zero-order valence-electron chi connectivity index (χ0n) is 8.55. The van der Waals surface area contributed by atoms with Crippen LogP contribution in [-0.4, -0.2) is 18.2 Å². The number of aliphatic hydroxyl groups excluding tert-OH is 1. The molecule has 0 saturated carbocycles. The summed E-state index contributed by atoms with van der Waals surface area (Å²) in [6, 6.07) is 6.11. The topological polar surface area (TPSA) is 32.3 Å². The van der Waals surface area contributed by atoms with Gasteiger partial charge in [-0.2, -0.15) is 0 Å². The summed E-state index contributed by atoms with van der Waals surface area (Å²) in [6.45, 7) is 2.15. The van der Waals surface area contributed by atoms with Crippen molar-refractivity contribution >= 4 is 11.6 Å². The van der Waals surface area contributed by atoms with Crippen molar-refractivity contribution < 1.29 is 5.11 Å². The summed E-state index contributed by atoms with van der Waals surface area (Å²) in [5.74, 6) is 0. The van der Waals surface area contributed by atoms with Crippen molar-refractivity contribution in [3.63, 3.8) is 0 Å². The molecule has 0 radical (unpaired) electrons. The van der Waals surface area contributed by atoms with Crippen LogP contribution in [0, 0.1) is 0 Å². The van der Waals surface area contributed by atoms with E-state index in [2.05, 4.69) is 12.2 Å². The molecule has 1 atom stereocenters. The van der Waals surface area contributed by atoms with E-state index in [0.717, 1.165) is 22.6 Å². The number of halogens is 1. The second kappa shape index (κ2) is 5.35. The maximum atomic E-state index is 8.91. The van der Waals surface area contributed by atoms with Gasteiger partial charge in [-0.1, -0.05) is 23.7 Å². The van der Waals surface area contributed by atoms with Crippen LogP contribution in [0.1, 0.15) is 18.1 Å². The Bertz CT molecular complexity index is 301. The third kappa shape index (κ3) is 2.98. The Morgan fingerprint density at radius 1 is 1.50 bits per heavy atom. The predicted octanol–water partition coefficient (Wildman–Crippen LogP) is 1.98. The smallest absolute Gasteiger partial charge is 0.0682 e. The Labute approximate surface area is 89.9 Å².